The van der Waals surface area contributed by atoms with Crippen LogP contribution in [-0.4, -0.2) is 35.5 Å². The minimum Gasteiger partial charge on any atom is -0.396 e. The second-order valence-corrected chi connectivity index (χ2v) is 3.81. The number of nitrogens with one attached hydrogen (secondary N) is 1. The highest BCUT2D eigenvalue weighted by molar-refractivity contribution is 4.84. The zero-order chi connectivity index (χ0) is 10.3. The highest BCUT2D eigenvalue weighted by atomic mass is 16.3. The van der Waals surface area contributed by atoms with Crippen molar-refractivity contribution >= 4 is 0 Å². The molecule has 0 saturated heterocycles. The van der Waals surface area contributed by atoms with Crippen LogP contribution in [0.15, 0.2) is 0 Å². The Balaban J connectivity index is 3.95. The van der Waals surface area contributed by atoms with Crippen molar-refractivity contribution in [3.05, 3.63) is 0 Å². The van der Waals surface area contributed by atoms with Crippen molar-refractivity contribution in [3.8, 4) is 0 Å². The lowest BCUT2D eigenvalue weighted by Crippen LogP contribution is -2.49. The first-order valence-corrected chi connectivity index (χ1v) is 5.10. The summed E-state index contributed by atoms with van der Waals surface area (Å²) in [5, 5.41) is 21.4. The molecule has 0 rings (SSSR count). The van der Waals surface area contributed by atoms with Gasteiger partial charge in [-0.05, 0) is 18.8 Å². The maximum Gasteiger partial charge on any atom is 0.0613 e. The molecule has 0 aromatic rings. The summed E-state index contributed by atoms with van der Waals surface area (Å²) in [7, 11) is 0. The molecule has 0 fully saturated rings. The van der Waals surface area contributed by atoms with Gasteiger partial charge >= 0.3 is 0 Å². The van der Waals surface area contributed by atoms with E-state index >= 15 is 0 Å². The van der Waals surface area contributed by atoms with E-state index in [1.54, 1.807) is 0 Å². The standard InChI is InChI=1S/C10H23NO2/c1-4-10(5-2,8-13)11-6-9(3)7-12/h9,11-13H,4-8H2,1-3H3. The maximum atomic E-state index is 9.24. The zero-order valence-corrected chi connectivity index (χ0v) is 9.01. The molecule has 0 aliphatic carbocycles. The van der Waals surface area contributed by atoms with Gasteiger partial charge in [0.05, 0.1) is 6.61 Å². The Morgan fingerprint density at radius 2 is 1.77 bits per heavy atom. The normalized spacial score (nSPS) is 14.5. The molecular weight excluding hydrogens is 166 g/mol. The third-order valence-electron chi connectivity index (χ3n) is 2.79. The van der Waals surface area contributed by atoms with Gasteiger partial charge in [-0.25, -0.2) is 0 Å². The molecule has 80 valence electrons. The second-order valence-electron chi connectivity index (χ2n) is 3.81. The van der Waals surface area contributed by atoms with Crippen molar-refractivity contribution in [2.75, 3.05) is 19.8 Å². The Morgan fingerprint density at radius 3 is 2.08 bits per heavy atom. The van der Waals surface area contributed by atoms with Crippen LogP contribution in [0, 0.1) is 5.92 Å². The largest absolute Gasteiger partial charge is 0.396 e. The van der Waals surface area contributed by atoms with Gasteiger partial charge in [0.2, 0.25) is 0 Å². The van der Waals surface area contributed by atoms with Crippen molar-refractivity contribution in [2.24, 2.45) is 5.92 Å². The summed E-state index contributed by atoms with van der Waals surface area (Å²) in [4.78, 5) is 0. The fraction of sp³-hybridized carbons (Fsp3) is 1.00. The van der Waals surface area contributed by atoms with E-state index in [1.165, 1.54) is 0 Å². The molecule has 0 amide bonds. The minimum absolute atomic E-state index is 0.149. The van der Waals surface area contributed by atoms with Crippen LogP contribution < -0.4 is 5.32 Å². The molecule has 3 heteroatoms. The molecule has 0 saturated carbocycles. The molecule has 0 aliphatic heterocycles. The Kier molecular flexibility index (Phi) is 6.29. The summed E-state index contributed by atoms with van der Waals surface area (Å²) in [5.74, 6) is 0.254. The third kappa shape index (κ3) is 4.07. The number of aliphatic hydroxyl groups is 2. The van der Waals surface area contributed by atoms with Gasteiger partial charge < -0.3 is 15.5 Å². The average molecular weight is 189 g/mol. The van der Waals surface area contributed by atoms with Crippen molar-refractivity contribution in [2.45, 2.75) is 39.2 Å². The second kappa shape index (κ2) is 6.35. The van der Waals surface area contributed by atoms with E-state index in [9.17, 15) is 5.11 Å². The first-order valence-electron chi connectivity index (χ1n) is 5.10. The first-order chi connectivity index (χ1) is 6.14. The predicted molar refractivity (Wildman–Crippen MR) is 54.7 cm³/mol. The van der Waals surface area contributed by atoms with Gasteiger partial charge in [-0.1, -0.05) is 20.8 Å². The smallest absolute Gasteiger partial charge is 0.0613 e. The monoisotopic (exact) mass is 189 g/mol. The minimum atomic E-state index is -0.149. The molecule has 3 N–H and O–H groups in total. The number of aliphatic hydroxyl groups excluding tert-OH is 2. The Bertz CT molecular complexity index is 116. The molecule has 13 heavy (non-hydrogen) atoms. The fourth-order valence-electron chi connectivity index (χ4n) is 1.23. The molecule has 1 unspecified atom stereocenters. The van der Waals surface area contributed by atoms with Crippen LogP contribution >= 0.6 is 0 Å². The van der Waals surface area contributed by atoms with E-state index in [0.717, 1.165) is 19.4 Å². The topological polar surface area (TPSA) is 52.5 Å². The third-order valence-corrected chi connectivity index (χ3v) is 2.79. The summed E-state index contributed by atoms with van der Waals surface area (Å²) < 4.78 is 0. The summed E-state index contributed by atoms with van der Waals surface area (Å²) in [6.07, 6.45) is 1.83. The highest BCUT2D eigenvalue weighted by Gasteiger charge is 2.24. The molecule has 0 aromatic heterocycles. The van der Waals surface area contributed by atoms with Gasteiger partial charge in [-0.15, -0.1) is 0 Å². The van der Waals surface area contributed by atoms with Crippen LogP contribution in [0.3, 0.4) is 0 Å². The van der Waals surface area contributed by atoms with Crippen LogP contribution in [0.2, 0.25) is 0 Å². The summed E-state index contributed by atoms with van der Waals surface area (Å²) in [5.41, 5.74) is -0.149. The molecule has 0 radical (unpaired) electrons. The average Bonchev–Trinajstić information content (AvgIpc) is 2.20. The zero-order valence-electron chi connectivity index (χ0n) is 9.01. The van der Waals surface area contributed by atoms with Crippen molar-refractivity contribution < 1.29 is 10.2 Å². The van der Waals surface area contributed by atoms with E-state index < -0.39 is 0 Å². The molecular formula is C10H23NO2. The molecule has 0 aromatic carbocycles. The molecule has 0 heterocycles. The van der Waals surface area contributed by atoms with Crippen molar-refractivity contribution in [1.29, 1.82) is 0 Å². The van der Waals surface area contributed by atoms with Crippen LogP contribution in [-0.2, 0) is 0 Å². The van der Waals surface area contributed by atoms with Crippen LogP contribution in [0.4, 0.5) is 0 Å². The summed E-state index contributed by atoms with van der Waals surface area (Å²) in [6.45, 7) is 7.24. The molecule has 0 spiro atoms. The number of hydrogen-bond donors (Lipinski definition) is 3. The summed E-state index contributed by atoms with van der Waals surface area (Å²) >= 11 is 0. The number of rotatable bonds is 7. The van der Waals surface area contributed by atoms with E-state index in [-0.39, 0.29) is 24.7 Å². The molecule has 3 nitrogen and oxygen atoms in total. The Hall–Kier alpha value is -0.120. The van der Waals surface area contributed by atoms with E-state index in [2.05, 4.69) is 19.2 Å². The summed E-state index contributed by atoms with van der Waals surface area (Å²) in [6, 6.07) is 0. The van der Waals surface area contributed by atoms with E-state index in [4.69, 9.17) is 5.11 Å². The van der Waals surface area contributed by atoms with Crippen molar-refractivity contribution in [1.82, 2.24) is 5.32 Å². The van der Waals surface area contributed by atoms with Crippen LogP contribution in [0.5, 0.6) is 0 Å². The van der Waals surface area contributed by atoms with Gasteiger partial charge in [0, 0.05) is 18.7 Å². The van der Waals surface area contributed by atoms with Gasteiger partial charge in [-0.2, -0.15) is 0 Å². The Morgan fingerprint density at radius 1 is 1.23 bits per heavy atom. The molecule has 1 atom stereocenters. The van der Waals surface area contributed by atoms with E-state index in [0.29, 0.717) is 0 Å². The maximum absolute atomic E-state index is 9.24. The molecule has 0 aliphatic rings. The van der Waals surface area contributed by atoms with Gasteiger partial charge in [0.15, 0.2) is 0 Å². The lowest BCUT2D eigenvalue weighted by atomic mass is 9.93. The van der Waals surface area contributed by atoms with Gasteiger partial charge in [-0.3, -0.25) is 0 Å². The SMILES string of the molecule is CCC(CC)(CO)NCC(C)CO. The number of hydrogen-bond acceptors (Lipinski definition) is 3. The fourth-order valence-corrected chi connectivity index (χ4v) is 1.23. The van der Waals surface area contributed by atoms with Crippen LogP contribution in [0.25, 0.3) is 0 Å². The van der Waals surface area contributed by atoms with Gasteiger partial charge in [0.1, 0.15) is 0 Å². The van der Waals surface area contributed by atoms with E-state index in [1.807, 2.05) is 6.92 Å². The lowest BCUT2D eigenvalue weighted by molar-refractivity contribution is 0.138. The Labute approximate surface area is 81.2 Å². The van der Waals surface area contributed by atoms with Crippen LogP contribution in [0.1, 0.15) is 33.6 Å². The highest BCUT2D eigenvalue weighted by Crippen LogP contribution is 2.14. The first kappa shape index (κ1) is 12.9. The van der Waals surface area contributed by atoms with Crippen molar-refractivity contribution in [3.63, 3.8) is 0 Å². The van der Waals surface area contributed by atoms with Gasteiger partial charge in [0.25, 0.3) is 0 Å². The lowest BCUT2D eigenvalue weighted by Gasteiger charge is -2.32. The predicted octanol–water partition coefficient (Wildman–Crippen LogP) is 0.756. The molecule has 0 bridgehead atoms. The quantitative estimate of drug-likeness (QED) is 0.554.